The summed E-state index contributed by atoms with van der Waals surface area (Å²) >= 11 is 0. The monoisotopic (exact) mass is 252 g/mol. The molecule has 0 aliphatic rings. The van der Waals surface area contributed by atoms with Crippen molar-refractivity contribution in [3.63, 3.8) is 0 Å². The molecular weight excluding hydrogens is 230 g/mol. The topological polar surface area (TPSA) is 26.0 Å². The zero-order valence-electron chi connectivity index (χ0n) is 11.4. The third-order valence-corrected chi connectivity index (χ3v) is 3.38. The molecule has 0 heterocycles. The van der Waals surface area contributed by atoms with E-state index in [2.05, 4.69) is 60.7 Å². The van der Waals surface area contributed by atoms with Gasteiger partial charge in [-0.3, -0.25) is 0 Å². The fourth-order valence-electron chi connectivity index (χ4n) is 2.33. The van der Waals surface area contributed by atoms with Crippen LogP contribution in [0.4, 0.5) is 0 Å². The molecule has 2 aromatic carbocycles. The van der Waals surface area contributed by atoms with Crippen molar-refractivity contribution in [2.75, 3.05) is 6.54 Å². The summed E-state index contributed by atoms with van der Waals surface area (Å²) in [5.41, 5.74) is 8.34. The van der Waals surface area contributed by atoms with Crippen LogP contribution in [-0.2, 0) is 6.42 Å². The van der Waals surface area contributed by atoms with Gasteiger partial charge < -0.3 is 5.73 Å². The summed E-state index contributed by atoms with van der Waals surface area (Å²) in [6.07, 6.45) is 4.45. The highest BCUT2D eigenvalue weighted by Crippen LogP contribution is 2.25. The van der Waals surface area contributed by atoms with Crippen molar-refractivity contribution in [1.82, 2.24) is 0 Å². The first-order chi connectivity index (χ1) is 9.40. The molecule has 0 fully saturated rings. The molecule has 0 aromatic heterocycles. The summed E-state index contributed by atoms with van der Waals surface area (Å²) in [6, 6.07) is 21.4. The van der Waals surface area contributed by atoms with Gasteiger partial charge in [0.2, 0.25) is 0 Å². The largest absolute Gasteiger partial charge is 0.330 e. The van der Waals surface area contributed by atoms with Crippen molar-refractivity contribution >= 4 is 0 Å². The highest BCUT2D eigenvalue weighted by molar-refractivity contribution is 5.34. The van der Waals surface area contributed by atoms with E-state index in [0.29, 0.717) is 0 Å². The van der Waals surface area contributed by atoms with Crippen LogP contribution in [0.1, 0.15) is 30.4 Å². The molecule has 0 saturated heterocycles. The van der Waals surface area contributed by atoms with Gasteiger partial charge in [0.05, 0.1) is 0 Å². The molecule has 1 radical (unpaired) electrons. The lowest BCUT2D eigenvalue weighted by atomic mass is 9.88. The standard InChI is InChI=1S/C18H22N/c19-14-8-7-13-18(17-11-5-2-6-12-17)15-16-9-3-1-4-10-16/h1-6,9-12H,7-8,13-15,19H2. The van der Waals surface area contributed by atoms with Crippen molar-refractivity contribution < 1.29 is 0 Å². The van der Waals surface area contributed by atoms with Crippen molar-refractivity contribution in [2.24, 2.45) is 5.73 Å². The molecule has 2 aromatic rings. The van der Waals surface area contributed by atoms with Crippen molar-refractivity contribution in [3.8, 4) is 0 Å². The minimum absolute atomic E-state index is 0.785. The second kappa shape index (κ2) is 7.75. The Bertz CT molecular complexity index is 450. The third kappa shape index (κ3) is 4.53. The van der Waals surface area contributed by atoms with Crippen LogP contribution >= 0.6 is 0 Å². The first-order valence-corrected chi connectivity index (χ1v) is 7.04. The summed E-state index contributed by atoms with van der Waals surface area (Å²) in [5, 5.41) is 0. The summed E-state index contributed by atoms with van der Waals surface area (Å²) in [6.45, 7) is 0.785. The van der Waals surface area contributed by atoms with E-state index in [1.807, 2.05) is 0 Å². The van der Waals surface area contributed by atoms with Gasteiger partial charge in [0, 0.05) is 5.92 Å². The van der Waals surface area contributed by atoms with Crippen molar-refractivity contribution in [2.45, 2.75) is 25.7 Å². The maximum atomic E-state index is 5.60. The van der Waals surface area contributed by atoms with Crippen LogP contribution in [0, 0.1) is 5.92 Å². The average Bonchev–Trinajstić information content (AvgIpc) is 2.48. The van der Waals surface area contributed by atoms with E-state index >= 15 is 0 Å². The van der Waals surface area contributed by atoms with E-state index in [1.165, 1.54) is 23.5 Å². The number of hydrogen-bond acceptors (Lipinski definition) is 1. The highest BCUT2D eigenvalue weighted by Gasteiger charge is 2.12. The molecule has 0 saturated carbocycles. The first kappa shape index (κ1) is 13.8. The van der Waals surface area contributed by atoms with Crippen LogP contribution < -0.4 is 5.73 Å². The molecule has 0 atom stereocenters. The molecule has 0 aliphatic heterocycles. The van der Waals surface area contributed by atoms with Crippen LogP contribution in [-0.4, -0.2) is 6.54 Å². The number of benzene rings is 2. The van der Waals surface area contributed by atoms with Gasteiger partial charge in [0.15, 0.2) is 0 Å². The summed E-state index contributed by atoms with van der Waals surface area (Å²) in [5.74, 6) is 1.51. The predicted octanol–water partition coefficient (Wildman–Crippen LogP) is 3.98. The zero-order valence-corrected chi connectivity index (χ0v) is 11.4. The first-order valence-electron chi connectivity index (χ1n) is 7.04. The molecule has 1 nitrogen and oxygen atoms in total. The maximum absolute atomic E-state index is 5.60. The van der Waals surface area contributed by atoms with Gasteiger partial charge in [0.25, 0.3) is 0 Å². The molecule has 1 heteroatoms. The van der Waals surface area contributed by atoms with Gasteiger partial charge in [0.1, 0.15) is 0 Å². The molecule has 99 valence electrons. The summed E-state index contributed by atoms with van der Waals surface area (Å²) in [4.78, 5) is 0. The second-order valence-electron chi connectivity index (χ2n) is 4.88. The van der Waals surface area contributed by atoms with Crippen molar-refractivity contribution in [1.29, 1.82) is 0 Å². The molecule has 0 aliphatic carbocycles. The lowest BCUT2D eigenvalue weighted by Crippen LogP contribution is -2.06. The maximum Gasteiger partial charge on any atom is 0.00933 e. The molecule has 0 amide bonds. The van der Waals surface area contributed by atoms with Crippen LogP contribution in [0.5, 0.6) is 0 Å². The molecule has 2 N–H and O–H groups in total. The van der Waals surface area contributed by atoms with Crippen molar-refractivity contribution in [3.05, 3.63) is 77.7 Å². The summed E-state index contributed by atoms with van der Waals surface area (Å²) in [7, 11) is 0. The third-order valence-electron chi connectivity index (χ3n) is 3.38. The van der Waals surface area contributed by atoms with E-state index in [-0.39, 0.29) is 0 Å². The Kier molecular flexibility index (Phi) is 5.64. The second-order valence-corrected chi connectivity index (χ2v) is 4.88. The number of nitrogens with two attached hydrogens (primary N) is 1. The Hall–Kier alpha value is -1.60. The lowest BCUT2D eigenvalue weighted by molar-refractivity contribution is 0.689. The molecule has 0 bridgehead atoms. The Labute approximate surface area is 116 Å². The summed E-state index contributed by atoms with van der Waals surface area (Å²) < 4.78 is 0. The number of hydrogen-bond donors (Lipinski definition) is 1. The van der Waals surface area contributed by atoms with E-state index < -0.39 is 0 Å². The van der Waals surface area contributed by atoms with Crippen LogP contribution in [0.25, 0.3) is 0 Å². The van der Waals surface area contributed by atoms with Crippen LogP contribution in [0.2, 0.25) is 0 Å². The number of unbranched alkanes of at least 4 members (excludes halogenated alkanes) is 1. The Morgan fingerprint density at radius 2 is 1.42 bits per heavy atom. The minimum atomic E-state index is 0.785. The molecular formula is C18H22N. The van der Waals surface area contributed by atoms with E-state index in [9.17, 15) is 0 Å². The van der Waals surface area contributed by atoms with Gasteiger partial charge >= 0.3 is 0 Å². The van der Waals surface area contributed by atoms with Gasteiger partial charge in [-0.05, 0) is 36.9 Å². The fraction of sp³-hybridized carbons (Fsp3) is 0.278. The SMILES string of the molecule is NCCCC[C](Cc1ccccc1)c1ccccc1. The predicted molar refractivity (Wildman–Crippen MR) is 81.8 cm³/mol. The van der Waals surface area contributed by atoms with Gasteiger partial charge in [-0.1, -0.05) is 67.1 Å². The lowest BCUT2D eigenvalue weighted by Gasteiger charge is -2.16. The van der Waals surface area contributed by atoms with E-state index in [4.69, 9.17) is 5.73 Å². The normalized spacial score (nSPS) is 10.8. The quantitative estimate of drug-likeness (QED) is 0.741. The Balaban J connectivity index is 2.06. The highest BCUT2D eigenvalue weighted by atomic mass is 14.5. The van der Waals surface area contributed by atoms with Gasteiger partial charge in [-0.25, -0.2) is 0 Å². The molecule has 0 unspecified atom stereocenters. The van der Waals surface area contributed by atoms with E-state index in [1.54, 1.807) is 0 Å². The zero-order chi connectivity index (χ0) is 13.3. The Morgan fingerprint density at radius 3 is 2.05 bits per heavy atom. The van der Waals surface area contributed by atoms with Gasteiger partial charge in [-0.15, -0.1) is 0 Å². The number of rotatable bonds is 7. The van der Waals surface area contributed by atoms with Crippen LogP contribution in [0.15, 0.2) is 60.7 Å². The van der Waals surface area contributed by atoms with Gasteiger partial charge in [-0.2, -0.15) is 0 Å². The Morgan fingerprint density at radius 1 is 0.789 bits per heavy atom. The molecule has 0 spiro atoms. The van der Waals surface area contributed by atoms with Crippen LogP contribution in [0.3, 0.4) is 0 Å². The fourth-order valence-corrected chi connectivity index (χ4v) is 2.33. The smallest absolute Gasteiger partial charge is 0.00933 e. The average molecular weight is 252 g/mol. The molecule has 19 heavy (non-hydrogen) atoms. The molecule has 2 rings (SSSR count). The minimum Gasteiger partial charge on any atom is -0.330 e. The van der Waals surface area contributed by atoms with E-state index in [0.717, 1.165) is 25.8 Å².